The van der Waals surface area contributed by atoms with Crippen LogP contribution in [0.2, 0.25) is 0 Å². The number of H-pyrrole nitrogens is 1. The van der Waals surface area contributed by atoms with Gasteiger partial charge in [-0.1, -0.05) is 6.42 Å². The Kier molecular flexibility index (Phi) is 5.22. The summed E-state index contributed by atoms with van der Waals surface area (Å²) >= 11 is 3.51. The number of halogens is 1. The first-order chi connectivity index (χ1) is 12.7. The maximum atomic E-state index is 5.90. The molecular weight excluding hydrogens is 392 g/mol. The van der Waals surface area contributed by atoms with Crippen molar-refractivity contribution in [1.82, 2.24) is 19.9 Å². The number of hydrogen-bond donors (Lipinski definition) is 1. The molecular formula is C20H23BrN4O. The van der Waals surface area contributed by atoms with Crippen LogP contribution in [0.5, 0.6) is 5.75 Å². The molecule has 1 N–H and O–H groups in total. The molecule has 6 heteroatoms. The second-order valence-corrected chi connectivity index (χ2v) is 7.64. The van der Waals surface area contributed by atoms with E-state index < -0.39 is 0 Å². The molecule has 0 saturated carbocycles. The number of ether oxygens (including phenoxy) is 1. The van der Waals surface area contributed by atoms with Gasteiger partial charge in [-0.3, -0.25) is 4.90 Å². The molecule has 136 valence electrons. The first kappa shape index (κ1) is 17.5. The predicted molar refractivity (Wildman–Crippen MR) is 108 cm³/mol. The normalized spacial score (nSPS) is 15.5. The molecule has 0 amide bonds. The summed E-state index contributed by atoms with van der Waals surface area (Å²) in [6.07, 6.45) is 5.79. The van der Waals surface area contributed by atoms with E-state index in [1.807, 2.05) is 24.3 Å². The molecule has 0 atom stereocenters. The van der Waals surface area contributed by atoms with Crippen LogP contribution in [0, 0.1) is 6.92 Å². The monoisotopic (exact) mass is 414 g/mol. The van der Waals surface area contributed by atoms with Crippen LogP contribution >= 0.6 is 15.9 Å². The Morgan fingerprint density at radius 1 is 1.15 bits per heavy atom. The van der Waals surface area contributed by atoms with Crippen molar-refractivity contribution in [2.75, 3.05) is 26.2 Å². The number of rotatable bonds is 5. The summed E-state index contributed by atoms with van der Waals surface area (Å²) in [5.41, 5.74) is 3.85. The summed E-state index contributed by atoms with van der Waals surface area (Å²) in [5, 5.41) is 0. The van der Waals surface area contributed by atoms with Crippen LogP contribution in [-0.2, 0) is 0 Å². The van der Waals surface area contributed by atoms with Crippen LogP contribution in [0.25, 0.3) is 22.6 Å². The topological polar surface area (TPSA) is 54.0 Å². The zero-order chi connectivity index (χ0) is 17.9. The van der Waals surface area contributed by atoms with E-state index in [1.165, 1.54) is 32.4 Å². The van der Waals surface area contributed by atoms with Gasteiger partial charge in [-0.15, -0.1) is 0 Å². The molecule has 2 aromatic heterocycles. The molecule has 4 rings (SSSR count). The molecule has 0 bridgehead atoms. The van der Waals surface area contributed by atoms with Crippen molar-refractivity contribution >= 4 is 27.1 Å². The third-order valence-corrected chi connectivity index (χ3v) is 5.77. The van der Waals surface area contributed by atoms with E-state index >= 15 is 0 Å². The number of hydrogen-bond acceptors (Lipinski definition) is 4. The van der Waals surface area contributed by atoms with Crippen LogP contribution in [0.3, 0.4) is 0 Å². The minimum absolute atomic E-state index is 0.737. The van der Waals surface area contributed by atoms with E-state index in [2.05, 4.69) is 42.7 Å². The molecule has 1 fully saturated rings. The van der Waals surface area contributed by atoms with E-state index in [1.54, 1.807) is 6.20 Å². The highest BCUT2D eigenvalue weighted by molar-refractivity contribution is 9.10. The number of benzene rings is 1. The zero-order valence-corrected chi connectivity index (χ0v) is 16.6. The summed E-state index contributed by atoms with van der Waals surface area (Å²) in [4.78, 5) is 14.8. The van der Waals surface area contributed by atoms with Crippen LogP contribution < -0.4 is 4.74 Å². The van der Waals surface area contributed by atoms with Crippen molar-refractivity contribution in [2.45, 2.75) is 26.2 Å². The van der Waals surface area contributed by atoms with Gasteiger partial charge in [0.05, 0.1) is 5.52 Å². The molecule has 1 aromatic carbocycles. The van der Waals surface area contributed by atoms with E-state index in [0.717, 1.165) is 51.5 Å². The number of nitrogens with one attached hydrogen (secondary N) is 1. The van der Waals surface area contributed by atoms with E-state index in [0.29, 0.717) is 0 Å². The number of imidazole rings is 1. The smallest absolute Gasteiger partial charge is 0.178 e. The van der Waals surface area contributed by atoms with Gasteiger partial charge in [0.15, 0.2) is 5.65 Å². The average Bonchev–Trinajstić information content (AvgIpc) is 3.11. The largest absolute Gasteiger partial charge is 0.492 e. The molecule has 1 saturated heterocycles. The van der Waals surface area contributed by atoms with Crippen molar-refractivity contribution in [3.8, 4) is 17.1 Å². The lowest BCUT2D eigenvalue weighted by Crippen LogP contribution is -2.33. The number of piperidine rings is 1. The highest BCUT2D eigenvalue weighted by atomic mass is 79.9. The lowest BCUT2D eigenvalue weighted by atomic mass is 10.1. The average molecular weight is 415 g/mol. The summed E-state index contributed by atoms with van der Waals surface area (Å²) in [5.74, 6) is 1.73. The highest BCUT2D eigenvalue weighted by Crippen LogP contribution is 2.26. The Bertz CT molecular complexity index is 885. The lowest BCUT2D eigenvalue weighted by molar-refractivity contribution is 0.183. The maximum absolute atomic E-state index is 5.90. The minimum Gasteiger partial charge on any atom is -0.492 e. The van der Waals surface area contributed by atoms with Crippen molar-refractivity contribution < 1.29 is 4.74 Å². The Balaban J connectivity index is 1.41. The molecule has 1 aliphatic rings. The zero-order valence-electron chi connectivity index (χ0n) is 15.0. The highest BCUT2D eigenvalue weighted by Gasteiger charge is 2.11. The van der Waals surface area contributed by atoms with Crippen molar-refractivity contribution in [3.63, 3.8) is 0 Å². The number of aryl methyl sites for hydroxylation is 1. The molecule has 0 aliphatic carbocycles. The third kappa shape index (κ3) is 3.76. The SMILES string of the molecule is Cc1c(Br)cnc2nc(-c3ccc(OCCN4CCCCC4)cc3)[nH]c12. The Hall–Kier alpha value is -1.92. The molecule has 3 aromatic rings. The number of aromatic amines is 1. The minimum atomic E-state index is 0.737. The number of fused-ring (bicyclic) bond motifs is 1. The standard InChI is InChI=1S/C20H23BrN4O/c1-14-17(21)13-22-20-18(14)23-19(24-20)15-5-7-16(8-6-15)26-12-11-25-9-3-2-4-10-25/h5-8,13H,2-4,9-12H2,1H3,(H,22,23,24). The Morgan fingerprint density at radius 2 is 1.92 bits per heavy atom. The van der Waals surface area contributed by atoms with Crippen molar-refractivity contribution in [2.24, 2.45) is 0 Å². The molecule has 0 unspecified atom stereocenters. The van der Waals surface area contributed by atoms with Gasteiger partial charge in [0.25, 0.3) is 0 Å². The second kappa shape index (κ2) is 7.76. The third-order valence-electron chi connectivity index (χ3n) is 4.97. The van der Waals surface area contributed by atoms with Crippen molar-refractivity contribution in [3.05, 3.63) is 40.5 Å². The van der Waals surface area contributed by atoms with Crippen molar-refractivity contribution in [1.29, 1.82) is 0 Å². The second-order valence-electron chi connectivity index (χ2n) is 6.79. The number of likely N-dealkylation sites (tertiary alicyclic amines) is 1. The van der Waals surface area contributed by atoms with Gasteiger partial charge in [-0.05, 0) is 78.6 Å². The molecule has 1 aliphatic heterocycles. The van der Waals surface area contributed by atoms with Gasteiger partial charge in [-0.25, -0.2) is 9.97 Å². The van der Waals surface area contributed by atoms with Crippen LogP contribution in [0.15, 0.2) is 34.9 Å². The summed E-state index contributed by atoms with van der Waals surface area (Å²) in [6, 6.07) is 8.10. The van der Waals surface area contributed by atoms with Gasteiger partial charge < -0.3 is 9.72 Å². The van der Waals surface area contributed by atoms with Gasteiger partial charge in [0.1, 0.15) is 18.2 Å². The van der Waals surface area contributed by atoms with Crippen LogP contribution in [0.1, 0.15) is 24.8 Å². The summed E-state index contributed by atoms with van der Waals surface area (Å²) < 4.78 is 6.89. The number of nitrogens with zero attached hydrogens (tertiary/aromatic N) is 3. The van der Waals surface area contributed by atoms with Gasteiger partial charge >= 0.3 is 0 Å². The van der Waals surface area contributed by atoms with Gasteiger partial charge in [-0.2, -0.15) is 0 Å². The first-order valence-electron chi connectivity index (χ1n) is 9.17. The Morgan fingerprint density at radius 3 is 2.69 bits per heavy atom. The van der Waals surface area contributed by atoms with E-state index in [9.17, 15) is 0 Å². The predicted octanol–water partition coefficient (Wildman–Crippen LogP) is 4.56. The summed E-state index contributed by atoms with van der Waals surface area (Å²) in [7, 11) is 0. The molecule has 0 spiro atoms. The number of aromatic nitrogens is 3. The van der Waals surface area contributed by atoms with Crippen LogP contribution in [0.4, 0.5) is 0 Å². The quantitative estimate of drug-likeness (QED) is 0.664. The molecule has 5 nitrogen and oxygen atoms in total. The van der Waals surface area contributed by atoms with Crippen LogP contribution in [-0.4, -0.2) is 46.1 Å². The molecule has 3 heterocycles. The van der Waals surface area contributed by atoms with E-state index in [-0.39, 0.29) is 0 Å². The Labute approximate surface area is 161 Å². The van der Waals surface area contributed by atoms with E-state index in [4.69, 9.17) is 4.74 Å². The molecule has 26 heavy (non-hydrogen) atoms. The van der Waals surface area contributed by atoms with Gasteiger partial charge in [0, 0.05) is 22.8 Å². The lowest BCUT2D eigenvalue weighted by Gasteiger charge is -2.26. The fourth-order valence-corrected chi connectivity index (χ4v) is 3.67. The van der Waals surface area contributed by atoms with Gasteiger partial charge in [0.2, 0.25) is 0 Å². The molecule has 0 radical (unpaired) electrons. The number of pyridine rings is 1. The summed E-state index contributed by atoms with van der Waals surface area (Å²) in [6.45, 7) is 6.21. The fraction of sp³-hybridized carbons (Fsp3) is 0.400. The fourth-order valence-electron chi connectivity index (χ4n) is 3.37. The maximum Gasteiger partial charge on any atom is 0.178 e. The first-order valence-corrected chi connectivity index (χ1v) is 9.96.